The Morgan fingerprint density at radius 2 is 1.65 bits per heavy atom. The van der Waals surface area contributed by atoms with Crippen LogP contribution < -0.4 is 15.2 Å². The Bertz CT molecular complexity index is 1340. The number of esters is 1. The number of hydrogen-bond acceptors (Lipinski definition) is 6. The van der Waals surface area contributed by atoms with Crippen molar-refractivity contribution < 1.29 is 31.8 Å². The van der Waals surface area contributed by atoms with E-state index >= 15 is 0 Å². The third kappa shape index (κ3) is 6.00. The molecule has 0 saturated heterocycles. The second-order valence-electron chi connectivity index (χ2n) is 8.61. The lowest BCUT2D eigenvalue weighted by molar-refractivity contribution is 0.0600. The highest BCUT2D eigenvalue weighted by molar-refractivity contribution is 7.89. The van der Waals surface area contributed by atoms with Gasteiger partial charge >= 0.3 is 5.97 Å². The van der Waals surface area contributed by atoms with Crippen molar-refractivity contribution in [3.63, 3.8) is 0 Å². The summed E-state index contributed by atoms with van der Waals surface area (Å²) in [5, 5.41) is 7.87. The van der Waals surface area contributed by atoms with Crippen LogP contribution in [0.5, 0.6) is 11.5 Å². The van der Waals surface area contributed by atoms with Gasteiger partial charge in [0.2, 0.25) is 10.0 Å². The number of rotatable bonds is 6. The average Bonchev–Trinajstić information content (AvgIpc) is 2.78. The molecule has 0 aliphatic carbocycles. The third-order valence-corrected chi connectivity index (χ3v) is 5.93. The first-order valence-electron chi connectivity index (χ1n) is 10.3. The van der Waals surface area contributed by atoms with Crippen LogP contribution in [0.25, 0.3) is 0 Å². The van der Waals surface area contributed by atoms with Crippen molar-refractivity contribution in [2.75, 3.05) is 12.4 Å². The molecule has 0 unspecified atom stereocenters. The molecule has 0 spiro atoms. The predicted octanol–water partition coefficient (Wildman–Crippen LogP) is 5.20. The number of nitrogens with two attached hydrogens (primary N) is 1. The summed E-state index contributed by atoms with van der Waals surface area (Å²) in [6.45, 7) is 6.11. The molecule has 1 amide bonds. The fraction of sp³-hybridized carbons (Fsp3) is 0.200. The lowest BCUT2D eigenvalue weighted by Gasteiger charge is -2.21. The van der Waals surface area contributed by atoms with E-state index in [1.807, 2.05) is 26.8 Å². The SMILES string of the molecule is COC(=O)c1ccc(Oc2cc(C(C)(C)C)ccc2C(=O)Nc2cccc(S(N)(=O)=O)c2)cc1.[HH].[HH].[HH]. The van der Waals surface area contributed by atoms with Gasteiger partial charge in [0.15, 0.2) is 0 Å². The number of carbonyl (C=O) groups excluding carboxylic acids is 2. The number of benzene rings is 3. The molecule has 0 aliphatic rings. The van der Waals surface area contributed by atoms with Crippen LogP contribution in [0.4, 0.5) is 5.69 Å². The van der Waals surface area contributed by atoms with E-state index in [4.69, 9.17) is 14.6 Å². The number of amides is 1. The predicted molar refractivity (Wildman–Crippen MR) is 135 cm³/mol. The van der Waals surface area contributed by atoms with Crippen molar-refractivity contribution in [3.05, 3.63) is 83.4 Å². The molecule has 3 aromatic rings. The Kier molecular flexibility index (Phi) is 7.09. The number of ether oxygens (including phenoxy) is 2. The summed E-state index contributed by atoms with van der Waals surface area (Å²) in [6, 6.07) is 17.3. The monoisotopic (exact) mass is 488 g/mol. The fourth-order valence-electron chi connectivity index (χ4n) is 3.11. The van der Waals surface area contributed by atoms with E-state index in [0.717, 1.165) is 5.56 Å². The van der Waals surface area contributed by atoms with Crippen molar-refractivity contribution in [1.82, 2.24) is 0 Å². The number of carbonyl (C=O) groups is 2. The van der Waals surface area contributed by atoms with Crippen molar-refractivity contribution in [3.8, 4) is 11.5 Å². The number of primary sulfonamides is 1. The summed E-state index contributed by atoms with van der Waals surface area (Å²) < 4.78 is 34.0. The summed E-state index contributed by atoms with van der Waals surface area (Å²) in [5.41, 5.74) is 1.62. The van der Waals surface area contributed by atoms with Crippen molar-refractivity contribution >= 4 is 27.6 Å². The van der Waals surface area contributed by atoms with E-state index in [9.17, 15) is 18.0 Å². The molecule has 0 saturated carbocycles. The Morgan fingerprint density at radius 1 is 0.971 bits per heavy atom. The zero-order valence-electron chi connectivity index (χ0n) is 19.3. The Hall–Kier alpha value is -3.69. The minimum atomic E-state index is -3.92. The van der Waals surface area contributed by atoms with Crippen LogP contribution in [-0.2, 0) is 20.2 Å². The molecule has 0 radical (unpaired) electrons. The highest BCUT2D eigenvalue weighted by Gasteiger charge is 2.20. The largest absolute Gasteiger partial charge is 0.465 e. The van der Waals surface area contributed by atoms with Gasteiger partial charge < -0.3 is 14.8 Å². The maximum atomic E-state index is 13.1. The number of methoxy groups -OCH3 is 1. The molecule has 3 aromatic carbocycles. The van der Waals surface area contributed by atoms with Gasteiger partial charge in [0.05, 0.1) is 23.1 Å². The van der Waals surface area contributed by atoms with Crippen LogP contribution in [0.3, 0.4) is 0 Å². The van der Waals surface area contributed by atoms with Crippen LogP contribution in [0.1, 0.15) is 51.3 Å². The topological polar surface area (TPSA) is 125 Å². The standard InChI is InChI=1S/C25H26N2O6S.3H2/c1-25(2,3)17-10-13-21(23(28)27-18-6-5-7-20(15-18)34(26,30)31)22(14-17)33-19-11-8-16(9-12-19)24(29)32-4;;;/h5-15H,1-4H3,(H,27,28)(H2,26,30,31);3*1H. The number of hydrogen-bond donors (Lipinski definition) is 2. The van der Waals surface area contributed by atoms with Gasteiger partial charge in [-0.15, -0.1) is 0 Å². The summed E-state index contributed by atoms with van der Waals surface area (Å²) in [4.78, 5) is 24.7. The number of anilines is 1. The first kappa shape index (κ1) is 24.9. The Balaban J connectivity index is 0.00000432. The summed E-state index contributed by atoms with van der Waals surface area (Å²) in [6.07, 6.45) is 0. The van der Waals surface area contributed by atoms with Crippen LogP contribution in [0.2, 0.25) is 0 Å². The number of nitrogens with one attached hydrogen (secondary N) is 1. The lowest BCUT2D eigenvalue weighted by atomic mass is 9.86. The van der Waals surface area contributed by atoms with E-state index in [0.29, 0.717) is 17.1 Å². The smallest absolute Gasteiger partial charge is 0.337 e. The average molecular weight is 489 g/mol. The van der Waals surface area contributed by atoms with Crippen molar-refractivity contribution in [2.24, 2.45) is 5.14 Å². The quantitative estimate of drug-likeness (QED) is 0.459. The lowest BCUT2D eigenvalue weighted by Crippen LogP contribution is -2.17. The molecule has 34 heavy (non-hydrogen) atoms. The second kappa shape index (κ2) is 9.66. The maximum Gasteiger partial charge on any atom is 0.337 e. The van der Waals surface area contributed by atoms with Gasteiger partial charge in [-0.3, -0.25) is 4.79 Å². The van der Waals surface area contributed by atoms with Gasteiger partial charge in [0.1, 0.15) is 11.5 Å². The zero-order valence-corrected chi connectivity index (χ0v) is 20.1. The van der Waals surface area contributed by atoms with Gasteiger partial charge in [-0.1, -0.05) is 32.9 Å². The molecule has 0 bridgehead atoms. The van der Waals surface area contributed by atoms with E-state index in [1.165, 1.54) is 25.3 Å². The van der Waals surface area contributed by atoms with Gasteiger partial charge in [0, 0.05) is 9.97 Å². The van der Waals surface area contributed by atoms with E-state index in [-0.39, 0.29) is 25.8 Å². The van der Waals surface area contributed by atoms with Crippen LogP contribution in [0.15, 0.2) is 71.6 Å². The molecule has 0 heterocycles. The molecule has 3 rings (SSSR count). The minimum Gasteiger partial charge on any atom is -0.465 e. The summed E-state index contributed by atoms with van der Waals surface area (Å²) >= 11 is 0. The normalized spacial score (nSPS) is 11.6. The first-order valence-corrected chi connectivity index (χ1v) is 11.9. The molecular weight excluding hydrogens is 456 g/mol. The molecule has 184 valence electrons. The van der Waals surface area contributed by atoms with Gasteiger partial charge in [0.25, 0.3) is 5.91 Å². The van der Waals surface area contributed by atoms with Crippen molar-refractivity contribution in [1.29, 1.82) is 0 Å². The molecule has 9 heteroatoms. The molecule has 8 nitrogen and oxygen atoms in total. The molecule has 0 aromatic heterocycles. The van der Waals surface area contributed by atoms with Crippen LogP contribution in [0, 0.1) is 0 Å². The molecular formula is C25H32N2O6S. The fourth-order valence-corrected chi connectivity index (χ4v) is 3.67. The van der Waals surface area contributed by atoms with E-state index in [2.05, 4.69) is 5.32 Å². The first-order chi connectivity index (χ1) is 15.9. The van der Waals surface area contributed by atoms with Gasteiger partial charge in [-0.2, -0.15) is 0 Å². The highest BCUT2D eigenvalue weighted by Crippen LogP contribution is 2.32. The summed E-state index contributed by atoms with van der Waals surface area (Å²) in [5.74, 6) is -0.237. The minimum absolute atomic E-state index is 0. The molecule has 3 N–H and O–H groups in total. The summed E-state index contributed by atoms with van der Waals surface area (Å²) in [7, 11) is -2.62. The Morgan fingerprint density at radius 3 is 2.24 bits per heavy atom. The number of sulfonamides is 1. The van der Waals surface area contributed by atoms with Crippen molar-refractivity contribution in [2.45, 2.75) is 31.1 Å². The molecule has 0 aliphatic heterocycles. The third-order valence-electron chi connectivity index (χ3n) is 5.02. The molecule has 0 atom stereocenters. The van der Waals surface area contributed by atoms with Crippen LogP contribution >= 0.6 is 0 Å². The molecule has 0 fully saturated rings. The van der Waals surface area contributed by atoms with Gasteiger partial charge in [-0.05, 0) is 65.6 Å². The zero-order chi connectivity index (χ0) is 25.1. The van der Waals surface area contributed by atoms with Crippen LogP contribution in [-0.4, -0.2) is 27.4 Å². The van der Waals surface area contributed by atoms with E-state index < -0.39 is 21.9 Å². The second-order valence-corrected chi connectivity index (χ2v) is 10.2. The highest BCUT2D eigenvalue weighted by atomic mass is 32.2. The van der Waals surface area contributed by atoms with Gasteiger partial charge in [-0.25, -0.2) is 18.4 Å². The Labute approximate surface area is 203 Å². The maximum absolute atomic E-state index is 13.1. The van der Waals surface area contributed by atoms with E-state index in [1.54, 1.807) is 42.5 Å².